The molecule has 0 saturated carbocycles. The van der Waals surface area contributed by atoms with Crippen LogP contribution in [0.3, 0.4) is 0 Å². The van der Waals surface area contributed by atoms with E-state index in [9.17, 15) is 4.79 Å². The number of pyridine rings is 1. The normalized spacial score (nSPS) is 11.0. The molecule has 0 fully saturated rings. The average Bonchev–Trinajstić information content (AvgIpc) is 3.20. The van der Waals surface area contributed by atoms with Gasteiger partial charge in [-0.25, -0.2) is 9.78 Å². The summed E-state index contributed by atoms with van der Waals surface area (Å²) in [6, 6.07) is 27.5. The quantitative estimate of drug-likeness (QED) is 0.243. The lowest BCUT2D eigenvalue weighted by Gasteiger charge is -2.09. The van der Waals surface area contributed by atoms with E-state index in [1.807, 2.05) is 97.4 Å². The lowest BCUT2D eigenvalue weighted by molar-refractivity contribution is 0.0528. The molecule has 5 aromatic rings. The molecule has 0 saturated heterocycles. The zero-order chi connectivity index (χ0) is 25.1. The van der Waals surface area contributed by atoms with Gasteiger partial charge in [0.1, 0.15) is 11.5 Å². The number of nitrogens with zero attached hydrogens (tertiary/aromatic N) is 3. The second-order valence-corrected chi connectivity index (χ2v) is 8.64. The Morgan fingerprint density at radius 1 is 0.889 bits per heavy atom. The number of carbonyl (C=O) groups excluding carboxylic acids is 1. The first-order valence-electron chi connectivity index (χ1n) is 12.0. The molecule has 2 aromatic heterocycles. The van der Waals surface area contributed by atoms with Gasteiger partial charge in [0.25, 0.3) is 0 Å². The summed E-state index contributed by atoms with van der Waals surface area (Å²) in [4.78, 5) is 17.7. The van der Waals surface area contributed by atoms with Crippen LogP contribution in [0.15, 0.2) is 84.9 Å². The Morgan fingerprint density at radius 3 is 2.28 bits per heavy atom. The van der Waals surface area contributed by atoms with Gasteiger partial charge in [-0.3, -0.25) is 4.68 Å². The monoisotopic (exact) mass is 477 g/mol. The van der Waals surface area contributed by atoms with Crippen molar-refractivity contribution in [3.05, 3.63) is 107 Å². The molecule has 0 unspecified atom stereocenters. The molecule has 0 aliphatic heterocycles. The minimum atomic E-state index is -0.372. The third-order valence-electron chi connectivity index (χ3n) is 6.04. The Morgan fingerprint density at radius 2 is 1.58 bits per heavy atom. The molecule has 0 radical (unpaired) electrons. The molecule has 0 amide bonds. The average molecular weight is 478 g/mol. The molecule has 0 N–H and O–H groups in total. The maximum atomic E-state index is 12.9. The molecule has 6 nitrogen and oxygen atoms in total. The summed E-state index contributed by atoms with van der Waals surface area (Å²) in [6.45, 7) is 6.63. The first-order valence-corrected chi connectivity index (χ1v) is 12.0. The van der Waals surface area contributed by atoms with Crippen LogP contribution >= 0.6 is 0 Å². The minimum Gasteiger partial charge on any atom is -0.462 e. The molecule has 180 valence electrons. The van der Waals surface area contributed by atoms with Gasteiger partial charge in [-0.1, -0.05) is 60.2 Å². The van der Waals surface area contributed by atoms with E-state index in [1.165, 1.54) is 0 Å². The van der Waals surface area contributed by atoms with Crippen molar-refractivity contribution >= 4 is 17.0 Å². The van der Waals surface area contributed by atoms with Crippen LogP contribution < -0.4 is 4.74 Å². The molecular formula is C30H27N3O3. The molecule has 0 bridgehead atoms. The summed E-state index contributed by atoms with van der Waals surface area (Å²) >= 11 is 0. The number of aromatic nitrogens is 3. The van der Waals surface area contributed by atoms with Crippen molar-refractivity contribution in [1.29, 1.82) is 0 Å². The maximum Gasteiger partial charge on any atom is 0.339 e. The highest BCUT2D eigenvalue weighted by molar-refractivity contribution is 6.04. The van der Waals surface area contributed by atoms with Gasteiger partial charge in [0.05, 0.1) is 29.8 Å². The van der Waals surface area contributed by atoms with Crippen LogP contribution in [0, 0.1) is 13.8 Å². The predicted molar refractivity (Wildman–Crippen MR) is 140 cm³/mol. The van der Waals surface area contributed by atoms with Gasteiger partial charge in [-0.15, -0.1) is 0 Å². The third kappa shape index (κ3) is 4.84. The van der Waals surface area contributed by atoms with E-state index in [4.69, 9.17) is 19.6 Å². The van der Waals surface area contributed by atoms with Crippen molar-refractivity contribution in [2.75, 3.05) is 6.61 Å². The number of para-hydroxylation sites is 1. The van der Waals surface area contributed by atoms with E-state index in [0.29, 0.717) is 35.4 Å². The number of fused-ring (bicyclic) bond motifs is 1. The first kappa shape index (κ1) is 23.3. The fraction of sp³-hybridized carbons (Fsp3) is 0.167. The standard InChI is InChI=1S/C30H27N3O3/c1-4-35-30(34)26-18-27(23-14-10-20(2)11-15-23)31-29-28(26)21(3)33(32-29)19-22-12-16-25(17-13-22)36-24-8-6-5-7-9-24/h5-18H,4,19H2,1-3H3. The lowest BCUT2D eigenvalue weighted by Crippen LogP contribution is -2.07. The van der Waals surface area contributed by atoms with Crippen molar-refractivity contribution in [1.82, 2.24) is 14.8 Å². The zero-order valence-corrected chi connectivity index (χ0v) is 20.6. The Bertz CT molecular complexity index is 1510. The second-order valence-electron chi connectivity index (χ2n) is 8.64. The fourth-order valence-corrected chi connectivity index (χ4v) is 4.14. The largest absolute Gasteiger partial charge is 0.462 e. The lowest BCUT2D eigenvalue weighted by atomic mass is 10.0. The van der Waals surface area contributed by atoms with Crippen LogP contribution in [0.1, 0.15) is 34.1 Å². The van der Waals surface area contributed by atoms with E-state index < -0.39 is 0 Å². The first-order chi connectivity index (χ1) is 17.5. The van der Waals surface area contributed by atoms with Crippen LogP contribution in [0.5, 0.6) is 11.5 Å². The number of hydrogen-bond donors (Lipinski definition) is 0. The Balaban J connectivity index is 1.48. The summed E-state index contributed by atoms with van der Waals surface area (Å²) in [5, 5.41) is 5.49. The maximum absolute atomic E-state index is 12.9. The van der Waals surface area contributed by atoms with Gasteiger partial charge in [0.2, 0.25) is 0 Å². The van der Waals surface area contributed by atoms with Crippen molar-refractivity contribution < 1.29 is 14.3 Å². The smallest absolute Gasteiger partial charge is 0.339 e. The fourth-order valence-electron chi connectivity index (χ4n) is 4.14. The van der Waals surface area contributed by atoms with Crippen molar-refractivity contribution in [2.45, 2.75) is 27.3 Å². The highest BCUT2D eigenvalue weighted by atomic mass is 16.5. The third-order valence-corrected chi connectivity index (χ3v) is 6.04. The van der Waals surface area contributed by atoms with E-state index >= 15 is 0 Å². The predicted octanol–water partition coefficient (Wildman–Crippen LogP) is 6.73. The molecule has 0 aliphatic carbocycles. The highest BCUT2D eigenvalue weighted by Crippen LogP contribution is 2.28. The van der Waals surface area contributed by atoms with Gasteiger partial charge in [0, 0.05) is 11.3 Å². The van der Waals surface area contributed by atoms with Gasteiger partial charge >= 0.3 is 5.97 Å². The summed E-state index contributed by atoms with van der Waals surface area (Å²) in [5.74, 6) is 1.19. The van der Waals surface area contributed by atoms with E-state index in [2.05, 4.69) is 0 Å². The van der Waals surface area contributed by atoms with Crippen LogP contribution in [0.25, 0.3) is 22.3 Å². The number of ether oxygens (including phenoxy) is 2. The number of esters is 1. The Labute approximate surface area is 210 Å². The number of benzene rings is 3. The van der Waals surface area contributed by atoms with Crippen molar-refractivity contribution in [3.8, 4) is 22.8 Å². The van der Waals surface area contributed by atoms with Crippen LogP contribution in [-0.4, -0.2) is 27.3 Å². The molecule has 36 heavy (non-hydrogen) atoms. The Hall–Kier alpha value is -4.45. The van der Waals surface area contributed by atoms with Gasteiger partial charge in [-0.05, 0) is 56.7 Å². The molecule has 0 spiro atoms. The summed E-state index contributed by atoms with van der Waals surface area (Å²) in [6.07, 6.45) is 0. The highest BCUT2D eigenvalue weighted by Gasteiger charge is 2.21. The number of aryl methyl sites for hydroxylation is 2. The van der Waals surface area contributed by atoms with Crippen LogP contribution in [-0.2, 0) is 11.3 Å². The second kappa shape index (κ2) is 10.0. The van der Waals surface area contributed by atoms with Gasteiger partial charge < -0.3 is 9.47 Å². The zero-order valence-electron chi connectivity index (χ0n) is 20.6. The molecular weight excluding hydrogens is 450 g/mol. The number of carbonyl (C=O) groups is 1. The van der Waals surface area contributed by atoms with Crippen LogP contribution in [0.2, 0.25) is 0 Å². The van der Waals surface area contributed by atoms with E-state index in [1.54, 1.807) is 13.0 Å². The molecule has 2 heterocycles. The molecule has 0 atom stereocenters. The molecule has 0 aliphatic rings. The topological polar surface area (TPSA) is 66.2 Å². The molecule has 6 heteroatoms. The number of hydrogen-bond acceptors (Lipinski definition) is 5. The van der Waals surface area contributed by atoms with Crippen LogP contribution in [0.4, 0.5) is 0 Å². The summed E-state index contributed by atoms with van der Waals surface area (Å²) in [5.41, 5.74) is 5.70. The van der Waals surface area contributed by atoms with E-state index in [-0.39, 0.29) is 5.97 Å². The number of rotatable bonds is 7. The van der Waals surface area contributed by atoms with Crippen molar-refractivity contribution in [3.63, 3.8) is 0 Å². The van der Waals surface area contributed by atoms with Gasteiger partial charge in [-0.2, -0.15) is 5.10 Å². The SMILES string of the molecule is CCOC(=O)c1cc(-c2ccc(C)cc2)nc2nn(Cc3ccc(Oc4ccccc4)cc3)c(C)c12. The molecule has 3 aromatic carbocycles. The minimum absolute atomic E-state index is 0.299. The molecule has 5 rings (SSSR count). The van der Waals surface area contributed by atoms with E-state index in [0.717, 1.165) is 33.9 Å². The summed E-state index contributed by atoms with van der Waals surface area (Å²) in [7, 11) is 0. The summed E-state index contributed by atoms with van der Waals surface area (Å²) < 4.78 is 13.2. The van der Waals surface area contributed by atoms with Gasteiger partial charge in [0.15, 0.2) is 5.65 Å². The van der Waals surface area contributed by atoms with Crippen molar-refractivity contribution in [2.24, 2.45) is 0 Å². The Kier molecular flexibility index (Phi) is 6.50.